The molecular formula is C15H15BrN2O. The minimum Gasteiger partial charge on any atom is -0.356 e. The molecule has 4 rings (SSSR count). The quantitative estimate of drug-likeness (QED) is 0.794. The highest BCUT2D eigenvalue weighted by Gasteiger charge is 2.47. The van der Waals surface area contributed by atoms with Gasteiger partial charge in [-0.3, -0.25) is 4.79 Å². The smallest absolute Gasteiger partial charge is 0.223 e. The van der Waals surface area contributed by atoms with Crippen molar-refractivity contribution < 1.29 is 4.79 Å². The van der Waals surface area contributed by atoms with Crippen LogP contribution in [0.25, 0.3) is 10.9 Å². The topological polar surface area (TPSA) is 36.1 Å². The van der Waals surface area contributed by atoms with Crippen LogP contribution in [0, 0.1) is 0 Å². The number of H-pyrrole nitrogens is 1. The number of nitrogens with zero attached hydrogens (tertiary/aromatic N) is 1. The largest absolute Gasteiger partial charge is 0.356 e. The maximum atomic E-state index is 12.0. The minimum atomic E-state index is -0.136. The molecular weight excluding hydrogens is 304 g/mol. The summed E-state index contributed by atoms with van der Waals surface area (Å²) in [5.74, 6) is 0.297. The molecule has 0 spiro atoms. The SMILES string of the molecule is C[C@]12CCC(=O)N1CCc1c2[nH]c2cccc(Br)c12. The van der Waals surface area contributed by atoms with E-state index < -0.39 is 0 Å². The number of aromatic amines is 1. The van der Waals surface area contributed by atoms with Gasteiger partial charge in [0.25, 0.3) is 0 Å². The fourth-order valence-corrected chi connectivity index (χ4v) is 4.34. The van der Waals surface area contributed by atoms with Gasteiger partial charge in [0.15, 0.2) is 0 Å². The van der Waals surface area contributed by atoms with E-state index in [0.29, 0.717) is 12.3 Å². The predicted molar refractivity (Wildman–Crippen MR) is 78.0 cm³/mol. The summed E-state index contributed by atoms with van der Waals surface area (Å²) in [6.45, 7) is 3.04. The normalized spacial score (nSPS) is 25.8. The van der Waals surface area contributed by atoms with Gasteiger partial charge in [-0.15, -0.1) is 0 Å². The molecule has 0 radical (unpaired) electrons. The fourth-order valence-electron chi connectivity index (χ4n) is 3.73. The van der Waals surface area contributed by atoms with Gasteiger partial charge < -0.3 is 9.88 Å². The van der Waals surface area contributed by atoms with Crippen molar-refractivity contribution in [3.63, 3.8) is 0 Å². The molecule has 1 atom stereocenters. The zero-order valence-electron chi connectivity index (χ0n) is 10.8. The number of carbonyl (C=O) groups is 1. The average Bonchev–Trinajstić information content (AvgIpc) is 2.90. The van der Waals surface area contributed by atoms with Crippen molar-refractivity contribution in [1.29, 1.82) is 0 Å². The van der Waals surface area contributed by atoms with Crippen molar-refractivity contribution in [3.8, 4) is 0 Å². The molecule has 1 amide bonds. The maximum absolute atomic E-state index is 12.0. The molecule has 2 aromatic rings. The first kappa shape index (κ1) is 11.5. The average molecular weight is 319 g/mol. The maximum Gasteiger partial charge on any atom is 0.223 e. The van der Waals surface area contributed by atoms with Crippen molar-refractivity contribution in [3.05, 3.63) is 33.9 Å². The molecule has 1 fully saturated rings. The summed E-state index contributed by atoms with van der Waals surface area (Å²) in [6.07, 6.45) is 2.54. The predicted octanol–water partition coefficient (Wildman–Crippen LogP) is 3.32. The van der Waals surface area contributed by atoms with Crippen molar-refractivity contribution in [2.45, 2.75) is 31.7 Å². The zero-order valence-corrected chi connectivity index (χ0v) is 12.4. The van der Waals surface area contributed by atoms with Gasteiger partial charge in [-0.1, -0.05) is 22.0 Å². The number of fused-ring (bicyclic) bond motifs is 5. The number of rotatable bonds is 0. The molecule has 0 bridgehead atoms. The van der Waals surface area contributed by atoms with Crippen LogP contribution >= 0.6 is 15.9 Å². The molecule has 3 nitrogen and oxygen atoms in total. The Kier molecular flexibility index (Phi) is 2.20. The van der Waals surface area contributed by atoms with Crippen LogP contribution in [-0.4, -0.2) is 22.3 Å². The molecule has 1 aromatic heterocycles. The molecule has 19 heavy (non-hydrogen) atoms. The van der Waals surface area contributed by atoms with Gasteiger partial charge in [0, 0.05) is 34.0 Å². The molecule has 3 heterocycles. The summed E-state index contributed by atoms with van der Waals surface area (Å²) in [5, 5.41) is 1.29. The number of carbonyl (C=O) groups excluding carboxylic acids is 1. The van der Waals surface area contributed by atoms with Crippen molar-refractivity contribution in [2.75, 3.05) is 6.54 Å². The summed E-state index contributed by atoms with van der Waals surface area (Å²) in [7, 11) is 0. The van der Waals surface area contributed by atoms with E-state index in [0.717, 1.165) is 23.9 Å². The van der Waals surface area contributed by atoms with E-state index in [9.17, 15) is 4.79 Å². The molecule has 0 unspecified atom stereocenters. The molecule has 1 aromatic carbocycles. The third-order valence-corrected chi connectivity index (χ3v) is 5.38. The van der Waals surface area contributed by atoms with E-state index in [-0.39, 0.29) is 5.54 Å². The second-order valence-electron chi connectivity index (χ2n) is 5.71. The van der Waals surface area contributed by atoms with Crippen molar-refractivity contribution in [2.24, 2.45) is 0 Å². The standard InChI is InChI=1S/C15H15BrN2O/c1-15-7-5-12(19)18(15)8-6-9-13-10(16)3-2-4-11(13)17-14(9)15/h2-4,17H,5-8H2,1H3/t15-/m1/s1. The Morgan fingerprint density at radius 2 is 2.21 bits per heavy atom. The van der Waals surface area contributed by atoms with Gasteiger partial charge in [-0.05, 0) is 37.5 Å². The van der Waals surface area contributed by atoms with Crippen molar-refractivity contribution >= 4 is 32.7 Å². The van der Waals surface area contributed by atoms with E-state index >= 15 is 0 Å². The second kappa shape index (κ2) is 3.63. The molecule has 0 saturated carbocycles. The van der Waals surface area contributed by atoms with Gasteiger partial charge in [0.05, 0.1) is 5.54 Å². The minimum absolute atomic E-state index is 0.136. The molecule has 1 N–H and O–H groups in total. The number of nitrogens with one attached hydrogen (secondary N) is 1. The number of amides is 1. The highest BCUT2D eigenvalue weighted by Crippen LogP contribution is 2.46. The van der Waals surface area contributed by atoms with Crippen LogP contribution in [0.3, 0.4) is 0 Å². The van der Waals surface area contributed by atoms with Crippen LogP contribution < -0.4 is 0 Å². The number of hydrogen-bond donors (Lipinski definition) is 1. The zero-order chi connectivity index (χ0) is 13.2. The first-order chi connectivity index (χ1) is 9.11. The molecule has 2 aliphatic heterocycles. The van der Waals surface area contributed by atoms with Crippen LogP contribution in [0.15, 0.2) is 22.7 Å². The van der Waals surface area contributed by atoms with Crippen LogP contribution in [0.1, 0.15) is 31.0 Å². The molecule has 98 valence electrons. The van der Waals surface area contributed by atoms with Gasteiger partial charge in [-0.2, -0.15) is 0 Å². The highest BCUT2D eigenvalue weighted by atomic mass is 79.9. The Morgan fingerprint density at radius 1 is 1.37 bits per heavy atom. The summed E-state index contributed by atoms with van der Waals surface area (Å²) in [6, 6.07) is 6.25. The molecule has 2 aliphatic rings. The van der Waals surface area contributed by atoms with Crippen LogP contribution in [0.2, 0.25) is 0 Å². The monoisotopic (exact) mass is 318 g/mol. The van der Waals surface area contributed by atoms with Gasteiger partial charge in [0.2, 0.25) is 5.91 Å². The van der Waals surface area contributed by atoms with Crippen LogP contribution in [0.4, 0.5) is 0 Å². The Hall–Kier alpha value is -1.29. The van der Waals surface area contributed by atoms with E-state index in [4.69, 9.17) is 0 Å². The number of aromatic nitrogens is 1. The third-order valence-electron chi connectivity index (χ3n) is 4.72. The Morgan fingerprint density at radius 3 is 3.05 bits per heavy atom. The Balaban J connectivity index is 2.03. The van der Waals surface area contributed by atoms with Crippen LogP contribution in [0.5, 0.6) is 0 Å². The van der Waals surface area contributed by atoms with Gasteiger partial charge >= 0.3 is 0 Å². The summed E-state index contributed by atoms with van der Waals surface area (Å²) in [4.78, 5) is 17.6. The summed E-state index contributed by atoms with van der Waals surface area (Å²) >= 11 is 3.66. The van der Waals surface area contributed by atoms with E-state index in [1.165, 1.54) is 22.2 Å². The number of halogens is 1. The first-order valence-electron chi connectivity index (χ1n) is 6.71. The fraction of sp³-hybridized carbons (Fsp3) is 0.400. The highest BCUT2D eigenvalue weighted by molar-refractivity contribution is 9.10. The lowest BCUT2D eigenvalue weighted by molar-refractivity contribution is -0.131. The molecule has 1 saturated heterocycles. The number of benzene rings is 1. The van der Waals surface area contributed by atoms with Gasteiger partial charge in [0.1, 0.15) is 0 Å². The lowest BCUT2D eigenvalue weighted by Crippen LogP contribution is -2.46. The summed E-state index contributed by atoms with van der Waals surface area (Å²) < 4.78 is 1.14. The Labute approximate surface area is 120 Å². The van der Waals surface area contributed by atoms with Crippen LogP contribution in [-0.2, 0) is 16.8 Å². The first-order valence-corrected chi connectivity index (χ1v) is 7.50. The molecule has 0 aliphatic carbocycles. The second-order valence-corrected chi connectivity index (χ2v) is 6.56. The van der Waals surface area contributed by atoms with Crippen molar-refractivity contribution in [1.82, 2.24) is 9.88 Å². The Bertz CT molecular complexity index is 705. The van der Waals surface area contributed by atoms with E-state index in [1.807, 2.05) is 6.07 Å². The lowest BCUT2D eigenvalue weighted by atomic mass is 9.86. The van der Waals surface area contributed by atoms with Gasteiger partial charge in [-0.25, -0.2) is 0 Å². The molecule has 4 heteroatoms. The third kappa shape index (κ3) is 1.35. The number of hydrogen-bond acceptors (Lipinski definition) is 1. The summed E-state index contributed by atoms with van der Waals surface area (Å²) in [5.41, 5.74) is 3.66. The lowest BCUT2D eigenvalue weighted by Gasteiger charge is -2.39. The van der Waals surface area contributed by atoms with E-state index in [1.54, 1.807) is 0 Å². The van der Waals surface area contributed by atoms with E-state index in [2.05, 4.69) is 44.9 Å².